The van der Waals surface area contributed by atoms with Gasteiger partial charge in [-0.15, -0.1) is 11.8 Å². The summed E-state index contributed by atoms with van der Waals surface area (Å²) in [6.07, 6.45) is 2.30. The fourth-order valence-electron chi connectivity index (χ4n) is 4.20. The van der Waals surface area contributed by atoms with Crippen LogP contribution in [0.1, 0.15) is 38.3 Å². The van der Waals surface area contributed by atoms with Gasteiger partial charge in [-0.1, -0.05) is 55.0 Å². The molecule has 0 aliphatic carbocycles. The van der Waals surface area contributed by atoms with Crippen molar-refractivity contribution in [3.63, 3.8) is 0 Å². The molecule has 9 heteroatoms. The van der Waals surface area contributed by atoms with Crippen LogP contribution in [0.15, 0.2) is 88.7 Å². The Morgan fingerprint density at radius 1 is 0.923 bits per heavy atom. The number of hydrogen-bond donors (Lipinski definition) is 1. The van der Waals surface area contributed by atoms with Gasteiger partial charge in [-0.3, -0.25) is 13.9 Å². The summed E-state index contributed by atoms with van der Waals surface area (Å²) in [6.45, 7) is 7.21. The van der Waals surface area contributed by atoms with Crippen LogP contribution in [-0.2, 0) is 26.2 Å². The number of sulfonamides is 1. The van der Waals surface area contributed by atoms with Gasteiger partial charge in [-0.25, -0.2) is 8.42 Å². The molecule has 0 radical (unpaired) electrons. The summed E-state index contributed by atoms with van der Waals surface area (Å²) < 4.78 is 29.0. The monoisotopic (exact) mass is 567 g/mol. The summed E-state index contributed by atoms with van der Waals surface area (Å²) in [5, 5.41) is 2.91. The maximum atomic E-state index is 14.0. The molecule has 0 heterocycles. The largest absolute Gasteiger partial charge is 0.352 e. The van der Waals surface area contributed by atoms with E-state index in [2.05, 4.69) is 5.32 Å². The Bertz CT molecular complexity index is 1340. The molecule has 1 N–H and O–H groups in total. The average molecular weight is 568 g/mol. The predicted molar refractivity (Wildman–Crippen MR) is 158 cm³/mol. The Labute approximate surface area is 236 Å². The minimum atomic E-state index is -4.09. The molecule has 2 amide bonds. The van der Waals surface area contributed by atoms with E-state index in [4.69, 9.17) is 0 Å². The van der Waals surface area contributed by atoms with E-state index in [0.29, 0.717) is 12.1 Å². The number of nitrogens with zero attached hydrogens (tertiary/aromatic N) is 2. The summed E-state index contributed by atoms with van der Waals surface area (Å²) in [5.41, 5.74) is 2.19. The second-order valence-corrected chi connectivity index (χ2v) is 12.4. The highest BCUT2D eigenvalue weighted by Crippen LogP contribution is 2.26. The Morgan fingerprint density at radius 2 is 1.54 bits per heavy atom. The van der Waals surface area contributed by atoms with Crippen LogP contribution in [0.2, 0.25) is 0 Å². The molecule has 1 atom stereocenters. The van der Waals surface area contributed by atoms with Crippen molar-refractivity contribution in [1.29, 1.82) is 0 Å². The van der Waals surface area contributed by atoms with E-state index in [1.54, 1.807) is 36.4 Å². The van der Waals surface area contributed by atoms with Gasteiger partial charge in [-0.05, 0) is 75.4 Å². The molecule has 3 aromatic carbocycles. The first-order valence-corrected chi connectivity index (χ1v) is 15.6. The number of hydrogen-bond acceptors (Lipinski definition) is 5. The van der Waals surface area contributed by atoms with Crippen molar-refractivity contribution in [1.82, 2.24) is 10.2 Å². The fraction of sp³-hybridized carbons (Fsp3) is 0.333. The van der Waals surface area contributed by atoms with E-state index in [0.717, 1.165) is 20.3 Å². The van der Waals surface area contributed by atoms with Crippen LogP contribution in [0, 0.1) is 6.92 Å². The zero-order valence-corrected chi connectivity index (χ0v) is 24.8. The first kappa shape index (κ1) is 30.2. The van der Waals surface area contributed by atoms with Crippen LogP contribution in [0.25, 0.3) is 0 Å². The summed E-state index contributed by atoms with van der Waals surface area (Å²) >= 11 is 1.52. The van der Waals surface area contributed by atoms with E-state index in [1.807, 2.05) is 76.4 Å². The van der Waals surface area contributed by atoms with Crippen molar-refractivity contribution >= 4 is 39.3 Å². The normalized spacial score (nSPS) is 12.2. The lowest BCUT2D eigenvalue weighted by molar-refractivity contribution is -0.140. The molecule has 0 saturated heterocycles. The van der Waals surface area contributed by atoms with Crippen molar-refractivity contribution in [2.75, 3.05) is 17.1 Å². The Kier molecular flexibility index (Phi) is 10.6. The summed E-state index contributed by atoms with van der Waals surface area (Å²) in [6, 6.07) is 22.1. The number of thioether (sulfide) groups is 1. The molecule has 0 aromatic heterocycles. The van der Waals surface area contributed by atoms with Crippen LogP contribution in [-0.4, -0.2) is 50.0 Å². The number of rotatable bonds is 12. The Hall–Kier alpha value is -3.30. The van der Waals surface area contributed by atoms with Crippen LogP contribution in [0.4, 0.5) is 5.69 Å². The minimum absolute atomic E-state index is 0.0906. The van der Waals surface area contributed by atoms with Crippen LogP contribution < -0.4 is 9.62 Å². The maximum Gasteiger partial charge on any atom is 0.264 e. The lowest BCUT2D eigenvalue weighted by Crippen LogP contribution is -2.53. The quantitative estimate of drug-likeness (QED) is 0.302. The molecule has 3 rings (SSSR count). The highest BCUT2D eigenvalue weighted by Gasteiger charge is 2.33. The lowest BCUT2D eigenvalue weighted by Gasteiger charge is -2.33. The van der Waals surface area contributed by atoms with Gasteiger partial charge in [0.1, 0.15) is 12.6 Å². The first-order valence-electron chi connectivity index (χ1n) is 12.9. The molecule has 39 heavy (non-hydrogen) atoms. The van der Waals surface area contributed by atoms with Crippen LogP contribution >= 0.6 is 11.8 Å². The number of carbonyl (C=O) groups is 2. The second kappa shape index (κ2) is 13.7. The lowest BCUT2D eigenvalue weighted by atomic mass is 10.1. The number of amides is 2. The van der Waals surface area contributed by atoms with Crippen molar-refractivity contribution in [2.24, 2.45) is 0 Å². The Morgan fingerprint density at radius 3 is 2.08 bits per heavy atom. The summed E-state index contributed by atoms with van der Waals surface area (Å²) in [5.74, 6) is -0.733. The molecule has 0 unspecified atom stereocenters. The number of nitrogens with one attached hydrogen (secondary N) is 1. The van der Waals surface area contributed by atoms with Crippen molar-refractivity contribution in [3.8, 4) is 0 Å². The number of anilines is 1. The Balaban J connectivity index is 2.04. The van der Waals surface area contributed by atoms with Crippen molar-refractivity contribution in [2.45, 2.75) is 62.5 Å². The van der Waals surface area contributed by atoms with Crippen LogP contribution in [0.5, 0.6) is 0 Å². The van der Waals surface area contributed by atoms with Crippen LogP contribution in [0.3, 0.4) is 0 Å². The van der Waals surface area contributed by atoms with Gasteiger partial charge in [0.25, 0.3) is 10.0 Å². The molecular formula is C30H37N3O4S2. The van der Waals surface area contributed by atoms with Gasteiger partial charge in [0.05, 0.1) is 10.6 Å². The molecule has 0 saturated carbocycles. The zero-order valence-electron chi connectivity index (χ0n) is 23.1. The van der Waals surface area contributed by atoms with E-state index >= 15 is 0 Å². The number of carbonyl (C=O) groups excluding carboxylic acids is 2. The minimum Gasteiger partial charge on any atom is -0.352 e. The number of benzene rings is 3. The highest BCUT2D eigenvalue weighted by atomic mass is 32.2. The maximum absolute atomic E-state index is 14.0. The molecule has 0 bridgehead atoms. The SMILES string of the molecule is CC[C@@H](C(=O)NC(C)C)N(Cc1ccccc1)C(=O)CN(c1ccc(C)cc1)S(=O)(=O)c1ccc(SC)cc1. The third-order valence-corrected chi connectivity index (χ3v) is 8.79. The van der Waals surface area contributed by atoms with E-state index in [-0.39, 0.29) is 23.4 Å². The van der Waals surface area contributed by atoms with Gasteiger partial charge >= 0.3 is 0 Å². The fourth-order valence-corrected chi connectivity index (χ4v) is 6.02. The molecular weight excluding hydrogens is 530 g/mol. The van der Waals surface area contributed by atoms with Crippen molar-refractivity contribution in [3.05, 3.63) is 90.0 Å². The van der Waals surface area contributed by atoms with Crippen molar-refractivity contribution < 1.29 is 18.0 Å². The van der Waals surface area contributed by atoms with Gasteiger partial charge in [0.2, 0.25) is 11.8 Å². The highest BCUT2D eigenvalue weighted by molar-refractivity contribution is 7.98. The third kappa shape index (κ3) is 7.86. The molecule has 0 aliphatic rings. The summed E-state index contributed by atoms with van der Waals surface area (Å²) in [4.78, 5) is 29.7. The third-order valence-electron chi connectivity index (χ3n) is 6.26. The van der Waals surface area contributed by atoms with Gasteiger partial charge in [0.15, 0.2) is 0 Å². The van der Waals surface area contributed by atoms with Gasteiger partial charge in [0, 0.05) is 17.5 Å². The standard InChI is InChI=1S/C30H37N3O4S2/c1-6-28(30(35)31-22(2)3)32(20-24-10-8-7-9-11-24)29(34)21-33(25-14-12-23(4)13-15-25)39(36,37)27-18-16-26(38-5)17-19-27/h7-19,22,28H,6,20-21H2,1-5H3,(H,31,35)/t28-/m0/s1. The topological polar surface area (TPSA) is 86.8 Å². The molecule has 0 fully saturated rings. The van der Waals surface area contributed by atoms with Gasteiger partial charge in [-0.2, -0.15) is 0 Å². The molecule has 208 valence electrons. The molecule has 0 spiro atoms. The average Bonchev–Trinajstić information content (AvgIpc) is 2.92. The molecule has 0 aliphatic heterocycles. The van der Waals surface area contributed by atoms with E-state index < -0.39 is 28.5 Å². The van der Waals surface area contributed by atoms with E-state index in [1.165, 1.54) is 16.7 Å². The first-order chi connectivity index (χ1) is 18.6. The van der Waals surface area contributed by atoms with E-state index in [9.17, 15) is 18.0 Å². The summed E-state index contributed by atoms with van der Waals surface area (Å²) in [7, 11) is -4.09. The second-order valence-electron chi connectivity index (χ2n) is 9.62. The smallest absolute Gasteiger partial charge is 0.264 e. The zero-order chi connectivity index (χ0) is 28.6. The predicted octanol–water partition coefficient (Wildman–Crippen LogP) is 5.24. The molecule has 7 nitrogen and oxygen atoms in total. The van der Waals surface area contributed by atoms with Gasteiger partial charge < -0.3 is 10.2 Å². The number of aryl methyl sites for hydroxylation is 1. The molecule has 3 aromatic rings.